The third-order valence-corrected chi connectivity index (χ3v) is 3.88. The van der Waals surface area contributed by atoms with Crippen LogP contribution in [0.2, 0.25) is 0 Å². The minimum atomic E-state index is -0.440. The largest absolute Gasteiger partial charge is 0.360 e. The number of carbonyl (C=O) groups is 2. The SMILES string of the molecule is CCCN1CCN(Cc2nnc(NCC)s2)C(=O)C1=O. The molecule has 1 aromatic rings. The highest BCUT2D eigenvalue weighted by Gasteiger charge is 2.32. The van der Waals surface area contributed by atoms with Crippen LogP contribution in [-0.4, -0.2) is 58.0 Å². The summed E-state index contributed by atoms with van der Waals surface area (Å²) in [6.07, 6.45) is 0.863. The molecule has 1 aliphatic heterocycles. The molecule has 2 heterocycles. The zero-order chi connectivity index (χ0) is 14.5. The van der Waals surface area contributed by atoms with Crippen molar-refractivity contribution in [1.29, 1.82) is 0 Å². The fourth-order valence-electron chi connectivity index (χ4n) is 2.05. The molecule has 0 saturated carbocycles. The standard InChI is InChI=1S/C12H19N5O2S/c1-3-5-16-6-7-17(11(19)10(16)18)8-9-14-15-12(20-9)13-4-2/h3-8H2,1-2H3,(H,13,15). The predicted molar refractivity (Wildman–Crippen MR) is 76.4 cm³/mol. The quantitative estimate of drug-likeness (QED) is 0.776. The lowest BCUT2D eigenvalue weighted by molar-refractivity contribution is -0.156. The van der Waals surface area contributed by atoms with E-state index in [-0.39, 0.29) is 0 Å². The smallest absolute Gasteiger partial charge is 0.312 e. The molecule has 0 aliphatic carbocycles. The van der Waals surface area contributed by atoms with Gasteiger partial charge in [0.15, 0.2) is 0 Å². The Kier molecular flexibility index (Phi) is 4.89. The number of aromatic nitrogens is 2. The van der Waals surface area contributed by atoms with Gasteiger partial charge in [-0.15, -0.1) is 10.2 Å². The molecule has 0 unspecified atom stereocenters. The lowest BCUT2D eigenvalue weighted by Crippen LogP contribution is -2.53. The van der Waals surface area contributed by atoms with Gasteiger partial charge in [0.1, 0.15) is 5.01 Å². The Morgan fingerprint density at radius 3 is 2.55 bits per heavy atom. The van der Waals surface area contributed by atoms with E-state index in [0.29, 0.717) is 26.2 Å². The second kappa shape index (κ2) is 6.65. The van der Waals surface area contributed by atoms with Gasteiger partial charge in [-0.2, -0.15) is 0 Å². The van der Waals surface area contributed by atoms with Crippen molar-refractivity contribution in [3.05, 3.63) is 5.01 Å². The lowest BCUT2D eigenvalue weighted by atomic mass is 10.2. The Bertz CT molecular complexity index is 490. The van der Waals surface area contributed by atoms with Crippen molar-refractivity contribution in [2.75, 3.05) is 31.5 Å². The molecule has 8 heteroatoms. The summed E-state index contributed by atoms with van der Waals surface area (Å²) >= 11 is 1.41. The molecule has 1 aliphatic rings. The monoisotopic (exact) mass is 297 g/mol. The van der Waals surface area contributed by atoms with E-state index in [9.17, 15) is 9.59 Å². The van der Waals surface area contributed by atoms with E-state index in [4.69, 9.17) is 0 Å². The topological polar surface area (TPSA) is 78.4 Å². The third-order valence-electron chi connectivity index (χ3n) is 3.01. The van der Waals surface area contributed by atoms with Gasteiger partial charge >= 0.3 is 11.8 Å². The number of piperazine rings is 1. The molecule has 0 radical (unpaired) electrons. The summed E-state index contributed by atoms with van der Waals surface area (Å²) in [5, 5.41) is 12.6. The molecule has 2 rings (SSSR count). The Morgan fingerprint density at radius 1 is 1.15 bits per heavy atom. The van der Waals surface area contributed by atoms with Gasteiger partial charge in [0.2, 0.25) is 5.13 Å². The van der Waals surface area contributed by atoms with Crippen LogP contribution in [-0.2, 0) is 16.1 Å². The van der Waals surface area contributed by atoms with Crippen molar-refractivity contribution in [2.45, 2.75) is 26.8 Å². The van der Waals surface area contributed by atoms with Gasteiger partial charge in [-0.3, -0.25) is 9.59 Å². The average Bonchev–Trinajstić information content (AvgIpc) is 2.86. The van der Waals surface area contributed by atoms with Crippen LogP contribution in [0.4, 0.5) is 5.13 Å². The van der Waals surface area contributed by atoms with Crippen molar-refractivity contribution >= 4 is 28.3 Å². The van der Waals surface area contributed by atoms with Crippen LogP contribution in [0, 0.1) is 0 Å². The van der Waals surface area contributed by atoms with Gasteiger partial charge in [-0.25, -0.2) is 0 Å². The zero-order valence-electron chi connectivity index (χ0n) is 11.8. The maximum atomic E-state index is 12.0. The number of hydrogen-bond donors (Lipinski definition) is 1. The van der Waals surface area contributed by atoms with Gasteiger partial charge in [0, 0.05) is 26.2 Å². The molecular weight excluding hydrogens is 278 g/mol. The number of nitrogens with one attached hydrogen (secondary N) is 1. The first-order valence-electron chi connectivity index (χ1n) is 6.80. The molecule has 0 aromatic carbocycles. The molecule has 7 nitrogen and oxygen atoms in total. The van der Waals surface area contributed by atoms with Gasteiger partial charge in [-0.1, -0.05) is 18.3 Å². The van der Waals surface area contributed by atoms with Crippen LogP contribution in [0.5, 0.6) is 0 Å². The normalized spacial score (nSPS) is 15.9. The third kappa shape index (κ3) is 3.24. The van der Waals surface area contributed by atoms with Gasteiger partial charge in [0.25, 0.3) is 0 Å². The number of hydrogen-bond acceptors (Lipinski definition) is 6. The molecular formula is C12H19N5O2S. The van der Waals surface area contributed by atoms with E-state index in [1.807, 2.05) is 13.8 Å². The van der Waals surface area contributed by atoms with E-state index >= 15 is 0 Å². The number of rotatable bonds is 6. The minimum absolute atomic E-state index is 0.355. The van der Waals surface area contributed by atoms with E-state index in [2.05, 4.69) is 15.5 Å². The molecule has 1 saturated heterocycles. The van der Waals surface area contributed by atoms with E-state index < -0.39 is 11.8 Å². The second-order valence-corrected chi connectivity index (χ2v) is 5.61. The summed E-state index contributed by atoms with van der Waals surface area (Å²) in [4.78, 5) is 27.1. The fourth-order valence-corrected chi connectivity index (χ4v) is 2.88. The summed E-state index contributed by atoms with van der Waals surface area (Å²) in [6.45, 7) is 6.90. The zero-order valence-corrected chi connectivity index (χ0v) is 12.6. The minimum Gasteiger partial charge on any atom is -0.360 e. The first-order chi connectivity index (χ1) is 9.65. The lowest BCUT2D eigenvalue weighted by Gasteiger charge is -2.33. The van der Waals surface area contributed by atoms with Crippen molar-refractivity contribution in [2.24, 2.45) is 0 Å². The van der Waals surface area contributed by atoms with Crippen LogP contribution in [0.3, 0.4) is 0 Å². The number of anilines is 1. The van der Waals surface area contributed by atoms with E-state index in [1.165, 1.54) is 11.3 Å². The Labute approximate surface area is 122 Å². The Balaban J connectivity index is 1.96. The van der Waals surface area contributed by atoms with Crippen LogP contribution in [0.15, 0.2) is 0 Å². The van der Waals surface area contributed by atoms with Crippen molar-refractivity contribution in [3.63, 3.8) is 0 Å². The molecule has 0 spiro atoms. The highest BCUT2D eigenvalue weighted by Crippen LogP contribution is 2.18. The summed E-state index contributed by atoms with van der Waals surface area (Å²) < 4.78 is 0. The van der Waals surface area contributed by atoms with Crippen LogP contribution in [0.25, 0.3) is 0 Å². The molecule has 2 amide bonds. The van der Waals surface area contributed by atoms with Crippen molar-refractivity contribution in [1.82, 2.24) is 20.0 Å². The highest BCUT2D eigenvalue weighted by atomic mass is 32.1. The summed E-state index contributed by atoms with van der Waals surface area (Å²) in [5.74, 6) is -0.848. The van der Waals surface area contributed by atoms with Crippen molar-refractivity contribution < 1.29 is 9.59 Å². The van der Waals surface area contributed by atoms with Gasteiger partial charge < -0.3 is 15.1 Å². The van der Waals surface area contributed by atoms with Crippen molar-refractivity contribution in [3.8, 4) is 0 Å². The fraction of sp³-hybridized carbons (Fsp3) is 0.667. The number of nitrogens with zero attached hydrogens (tertiary/aromatic N) is 4. The molecule has 1 aromatic heterocycles. The number of carbonyl (C=O) groups excluding carboxylic acids is 2. The first-order valence-corrected chi connectivity index (χ1v) is 7.61. The second-order valence-electron chi connectivity index (χ2n) is 4.55. The van der Waals surface area contributed by atoms with Gasteiger partial charge in [-0.05, 0) is 13.3 Å². The summed E-state index contributed by atoms with van der Waals surface area (Å²) in [7, 11) is 0. The molecule has 110 valence electrons. The molecule has 0 bridgehead atoms. The number of amides is 2. The predicted octanol–water partition coefficient (Wildman–Crippen LogP) is 0.551. The van der Waals surface area contributed by atoms with E-state index in [1.54, 1.807) is 9.80 Å². The van der Waals surface area contributed by atoms with Crippen LogP contribution in [0.1, 0.15) is 25.3 Å². The molecule has 1 N–H and O–H groups in total. The molecule has 0 atom stereocenters. The van der Waals surface area contributed by atoms with Crippen LogP contribution >= 0.6 is 11.3 Å². The first kappa shape index (κ1) is 14.7. The maximum absolute atomic E-state index is 12.0. The average molecular weight is 297 g/mol. The summed E-state index contributed by atoms with van der Waals surface area (Å²) in [6, 6.07) is 0. The van der Waals surface area contributed by atoms with E-state index in [0.717, 1.165) is 23.1 Å². The maximum Gasteiger partial charge on any atom is 0.312 e. The Hall–Kier alpha value is -1.70. The van der Waals surface area contributed by atoms with Crippen LogP contribution < -0.4 is 5.32 Å². The molecule has 1 fully saturated rings. The Morgan fingerprint density at radius 2 is 1.85 bits per heavy atom. The summed E-state index contributed by atoms with van der Waals surface area (Å²) in [5.41, 5.74) is 0. The van der Waals surface area contributed by atoms with Gasteiger partial charge in [0.05, 0.1) is 6.54 Å². The highest BCUT2D eigenvalue weighted by molar-refractivity contribution is 7.15. The molecule has 20 heavy (non-hydrogen) atoms.